The summed E-state index contributed by atoms with van der Waals surface area (Å²) in [5.74, 6) is -0.618. The summed E-state index contributed by atoms with van der Waals surface area (Å²) >= 11 is 0. The van der Waals surface area contributed by atoms with Crippen LogP contribution in [0, 0.1) is 5.82 Å². The van der Waals surface area contributed by atoms with Gasteiger partial charge in [0.2, 0.25) is 0 Å². The minimum Gasteiger partial charge on any atom is -0.406 e. The van der Waals surface area contributed by atoms with Gasteiger partial charge in [-0.25, -0.2) is 4.39 Å². The first-order valence-electron chi connectivity index (χ1n) is 8.02. The van der Waals surface area contributed by atoms with Crippen LogP contribution in [0.1, 0.15) is 16.8 Å². The number of anilines is 1. The third-order valence-electron chi connectivity index (χ3n) is 4.18. The molecule has 4 nitrogen and oxygen atoms in total. The number of hydrogen-bond donors (Lipinski definition) is 1. The molecule has 0 saturated heterocycles. The van der Waals surface area contributed by atoms with Crippen molar-refractivity contribution in [3.63, 3.8) is 0 Å². The van der Waals surface area contributed by atoms with Gasteiger partial charge in [0.15, 0.2) is 0 Å². The third kappa shape index (κ3) is 3.64. The highest BCUT2D eigenvalue weighted by Crippen LogP contribution is 2.34. The SMILES string of the molecule is Fc1ccc(C2=CN(c3ccc(OC(F)(F)F)cc3)Cc3[nH]ncc32)cc1. The van der Waals surface area contributed by atoms with Gasteiger partial charge in [-0.15, -0.1) is 13.2 Å². The van der Waals surface area contributed by atoms with Crippen LogP contribution in [0.15, 0.2) is 60.9 Å². The highest BCUT2D eigenvalue weighted by atomic mass is 19.4. The molecule has 0 aliphatic carbocycles. The van der Waals surface area contributed by atoms with E-state index in [0.29, 0.717) is 12.2 Å². The molecule has 1 N–H and O–H groups in total. The summed E-state index contributed by atoms with van der Waals surface area (Å²) < 4.78 is 54.1. The largest absolute Gasteiger partial charge is 0.573 e. The number of ether oxygens (including phenoxy) is 1. The Bertz CT molecular complexity index is 975. The van der Waals surface area contributed by atoms with Gasteiger partial charge in [0.05, 0.1) is 18.4 Å². The average molecular weight is 375 g/mol. The van der Waals surface area contributed by atoms with Crippen molar-refractivity contribution in [2.24, 2.45) is 0 Å². The van der Waals surface area contributed by atoms with Gasteiger partial charge in [-0.2, -0.15) is 5.10 Å². The Morgan fingerprint density at radius 2 is 1.70 bits per heavy atom. The van der Waals surface area contributed by atoms with Crippen LogP contribution in [0.4, 0.5) is 23.2 Å². The van der Waals surface area contributed by atoms with E-state index in [1.165, 1.54) is 24.3 Å². The summed E-state index contributed by atoms with van der Waals surface area (Å²) in [7, 11) is 0. The van der Waals surface area contributed by atoms with Crippen molar-refractivity contribution in [2.75, 3.05) is 4.90 Å². The van der Waals surface area contributed by atoms with Gasteiger partial charge >= 0.3 is 6.36 Å². The molecule has 2 aromatic carbocycles. The monoisotopic (exact) mass is 375 g/mol. The molecule has 3 aromatic rings. The number of rotatable bonds is 3. The fourth-order valence-electron chi connectivity index (χ4n) is 2.97. The first-order chi connectivity index (χ1) is 12.9. The number of halogens is 4. The lowest BCUT2D eigenvalue weighted by molar-refractivity contribution is -0.274. The summed E-state index contributed by atoms with van der Waals surface area (Å²) in [6.07, 6.45) is -1.17. The molecule has 0 atom stereocenters. The fourth-order valence-corrected chi connectivity index (χ4v) is 2.97. The van der Waals surface area contributed by atoms with E-state index in [4.69, 9.17) is 0 Å². The van der Waals surface area contributed by atoms with E-state index in [-0.39, 0.29) is 11.6 Å². The first-order valence-corrected chi connectivity index (χ1v) is 8.02. The summed E-state index contributed by atoms with van der Waals surface area (Å²) in [5.41, 5.74) is 4.08. The lowest BCUT2D eigenvalue weighted by Gasteiger charge is -2.27. The lowest BCUT2D eigenvalue weighted by Crippen LogP contribution is -2.21. The Morgan fingerprint density at radius 3 is 2.37 bits per heavy atom. The second-order valence-electron chi connectivity index (χ2n) is 5.98. The van der Waals surface area contributed by atoms with Crippen molar-refractivity contribution >= 4 is 11.3 Å². The maximum Gasteiger partial charge on any atom is 0.573 e. The Hall–Kier alpha value is -3.29. The topological polar surface area (TPSA) is 41.1 Å². The molecule has 0 unspecified atom stereocenters. The second-order valence-corrected chi connectivity index (χ2v) is 5.98. The van der Waals surface area contributed by atoms with Gasteiger partial charge in [-0.3, -0.25) is 5.10 Å². The van der Waals surface area contributed by atoms with Crippen molar-refractivity contribution in [3.8, 4) is 5.75 Å². The number of nitrogens with one attached hydrogen (secondary N) is 1. The van der Waals surface area contributed by atoms with Crippen LogP contribution >= 0.6 is 0 Å². The van der Waals surface area contributed by atoms with Crippen LogP contribution < -0.4 is 9.64 Å². The smallest absolute Gasteiger partial charge is 0.406 e. The molecule has 1 aliphatic rings. The predicted molar refractivity (Wildman–Crippen MR) is 91.4 cm³/mol. The number of benzene rings is 2. The maximum atomic E-state index is 13.2. The van der Waals surface area contributed by atoms with E-state index in [0.717, 1.165) is 22.4 Å². The van der Waals surface area contributed by atoms with Crippen molar-refractivity contribution in [2.45, 2.75) is 12.9 Å². The molecular weight excluding hydrogens is 362 g/mol. The average Bonchev–Trinajstić information content (AvgIpc) is 3.09. The van der Waals surface area contributed by atoms with Crippen LogP contribution in [0.5, 0.6) is 5.75 Å². The zero-order chi connectivity index (χ0) is 19.0. The molecule has 2 heterocycles. The number of alkyl halides is 3. The Morgan fingerprint density at radius 1 is 1.00 bits per heavy atom. The highest BCUT2D eigenvalue weighted by Gasteiger charge is 2.31. The molecule has 8 heteroatoms. The van der Waals surface area contributed by atoms with E-state index in [2.05, 4.69) is 14.9 Å². The van der Waals surface area contributed by atoms with Crippen LogP contribution in [0.2, 0.25) is 0 Å². The fraction of sp³-hybridized carbons (Fsp3) is 0.105. The number of aromatic amines is 1. The predicted octanol–water partition coefficient (Wildman–Crippen LogP) is 4.86. The molecule has 1 aromatic heterocycles. The van der Waals surface area contributed by atoms with E-state index in [9.17, 15) is 17.6 Å². The van der Waals surface area contributed by atoms with Gasteiger partial charge in [-0.1, -0.05) is 12.1 Å². The summed E-state index contributed by atoms with van der Waals surface area (Å²) in [6, 6.07) is 11.7. The van der Waals surface area contributed by atoms with E-state index >= 15 is 0 Å². The van der Waals surface area contributed by atoms with E-state index in [1.54, 1.807) is 30.5 Å². The van der Waals surface area contributed by atoms with Gasteiger partial charge in [-0.05, 0) is 42.0 Å². The van der Waals surface area contributed by atoms with Crippen LogP contribution in [-0.2, 0) is 6.54 Å². The molecular formula is C19H13F4N3O. The molecule has 0 fully saturated rings. The van der Waals surface area contributed by atoms with Gasteiger partial charge < -0.3 is 9.64 Å². The number of nitrogens with zero attached hydrogens (tertiary/aromatic N) is 2. The quantitative estimate of drug-likeness (QED) is 0.665. The van der Waals surface area contributed by atoms with Gasteiger partial charge in [0.25, 0.3) is 0 Å². The minimum atomic E-state index is -4.73. The Labute approximate surface area is 151 Å². The molecule has 0 spiro atoms. The van der Waals surface area contributed by atoms with Crippen molar-refractivity contribution in [1.29, 1.82) is 0 Å². The van der Waals surface area contributed by atoms with Gasteiger partial charge in [0, 0.05) is 23.0 Å². The first kappa shape index (κ1) is 17.1. The number of aromatic nitrogens is 2. The maximum absolute atomic E-state index is 13.2. The molecule has 0 amide bonds. The molecule has 1 aliphatic heterocycles. The summed E-state index contributed by atoms with van der Waals surface area (Å²) in [5, 5.41) is 7.00. The standard InChI is InChI=1S/C19H13F4N3O/c20-13-3-1-12(2-4-13)17-10-26(11-18-16(17)9-24-25-18)14-5-7-15(8-6-14)27-19(21,22)23/h1-10H,11H2,(H,24,25). The molecule has 0 radical (unpaired) electrons. The molecule has 0 bridgehead atoms. The molecule has 27 heavy (non-hydrogen) atoms. The van der Waals surface area contributed by atoms with Crippen molar-refractivity contribution < 1.29 is 22.3 Å². The zero-order valence-corrected chi connectivity index (χ0v) is 13.8. The number of H-pyrrole nitrogens is 1. The minimum absolute atomic E-state index is 0.284. The molecule has 4 rings (SSSR count). The number of hydrogen-bond acceptors (Lipinski definition) is 3. The molecule has 0 saturated carbocycles. The Balaban J connectivity index is 1.67. The highest BCUT2D eigenvalue weighted by molar-refractivity contribution is 5.84. The van der Waals surface area contributed by atoms with Crippen molar-refractivity contribution in [3.05, 3.63) is 83.6 Å². The van der Waals surface area contributed by atoms with Crippen LogP contribution in [0.3, 0.4) is 0 Å². The third-order valence-corrected chi connectivity index (χ3v) is 4.18. The van der Waals surface area contributed by atoms with Crippen LogP contribution in [0.25, 0.3) is 5.57 Å². The zero-order valence-electron chi connectivity index (χ0n) is 13.8. The summed E-state index contributed by atoms with van der Waals surface area (Å²) in [4.78, 5) is 1.87. The van der Waals surface area contributed by atoms with Gasteiger partial charge in [0.1, 0.15) is 11.6 Å². The lowest BCUT2D eigenvalue weighted by atomic mass is 9.96. The summed E-state index contributed by atoms with van der Waals surface area (Å²) in [6.45, 7) is 0.472. The second kappa shape index (κ2) is 6.46. The Kier molecular flexibility index (Phi) is 4.10. The number of fused-ring (bicyclic) bond motifs is 1. The normalized spacial score (nSPS) is 13.9. The van der Waals surface area contributed by atoms with Crippen LogP contribution in [-0.4, -0.2) is 16.6 Å². The molecule has 138 valence electrons. The van der Waals surface area contributed by atoms with E-state index < -0.39 is 6.36 Å². The van der Waals surface area contributed by atoms with E-state index in [1.807, 2.05) is 11.1 Å². The van der Waals surface area contributed by atoms with Crippen molar-refractivity contribution in [1.82, 2.24) is 10.2 Å².